The number of amides is 1. The van der Waals surface area contributed by atoms with Gasteiger partial charge < -0.3 is 5.32 Å². The van der Waals surface area contributed by atoms with E-state index in [1.165, 1.54) is 24.5 Å². The molecule has 1 aliphatic rings. The summed E-state index contributed by atoms with van der Waals surface area (Å²) in [6.45, 7) is 0.175. The third-order valence-corrected chi connectivity index (χ3v) is 4.18. The van der Waals surface area contributed by atoms with Gasteiger partial charge in [-0.1, -0.05) is 12.5 Å². The Bertz CT molecular complexity index is 588. The second kappa shape index (κ2) is 6.81. The van der Waals surface area contributed by atoms with Crippen molar-refractivity contribution in [2.24, 2.45) is 0 Å². The highest BCUT2D eigenvalue weighted by Gasteiger charge is 2.75. The highest BCUT2D eigenvalue weighted by atomic mass is 19.4. The van der Waals surface area contributed by atoms with E-state index in [1.54, 1.807) is 0 Å². The van der Waals surface area contributed by atoms with Gasteiger partial charge in [0.1, 0.15) is 0 Å². The number of carbonyl (C=O) groups is 1. The molecule has 1 fully saturated rings. The largest absolute Gasteiger partial charge is 0.434 e. The second-order valence-electron chi connectivity index (χ2n) is 5.88. The molecular formula is C15H17F6N3O. The van der Waals surface area contributed by atoms with Crippen LogP contribution in [0.2, 0.25) is 0 Å². The topological polar surface area (TPSA) is 45.2 Å². The summed E-state index contributed by atoms with van der Waals surface area (Å²) in [4.78, 5) is 15.4. The molecule has 0 aliphatic carbocycles. The molecular weight excluding hydrogens is 352 g/mol. The minimum absolute atomic E-state index is 0.0964. The van der Waals surface area contributed by atoms with Crippen LogP contribution in [-0.4, -0.2) is 40.4 Å². The van der Waals surface area contributed by atoms with Gasteiger partial charge in [0.25, 0.3) is 5.66 Å². The molecule has 1 unspecified atom stereocenters. The number of piperidine rings is 1. The SMILES string of the molecule is CC(=O)NC(N1CCCCC1c1cccnc1)(C(F)(F)F)C(F)(F)F. The molecule has 0 aromatic carbocycles. The molecule has 0 saturated carbocycles. The molecule has 1 aromatic rings. The summed E-state index contributed by atoms with van der Waals surface area (Å²) in [5.74, 6) is -1.41. The third kappa shape index (κ3) is 3.58. The van der Waals surface area contributed by atoms with E-state index in [0.29, 0.717) is 18.2 Å². The summed E-state index contributed by atoms with van der Waals surface area (Å²) >= 11 is 0. The number of carbonyl (C=O) groups excluding carboxylic acids is 1. The molecule has 0 bridgehead atoms. The van der Waals surface area contributed by atoms with Crippen LogP contribution in [0.3, 0.4) is 0 Å². The van der Waals surface area contributed by atoms with Crippen LogP contribution in [0.15, 0.2) is 24.5 Å². The van der Waals surface area contributed by atoms with Gasteiger partial charge in [-0.25, -0.2) is 0 Å². The lowest BCUT2D eigenvalue weighted by Crippen LogP contribution is -2.76. The summed E-state index contributed by atoms with van der Waals surface area (Å²) in [6.07, 6.45) is -8.16. The molecule has 1 N–H and O–H groups in total. The maximum atomic E-state index is 13.7. The van der Waals surface area contributed by atoms with Gasteiger partial charge in [-0.3, -0.25) is 14.7 Å². The average Bonchev–Trinajstić information content (AvgIpc) is 2.51. The van der Waals surface area contributed by atoms with Crippen molar-refractivity contribution in [3.63, 3.8) is 0 Å². The normalized spacial score (nSPS) is 20.4. The third-order valence-electron chi connectivity index (χ3n) is 4.18. The molecule has 2 heterocycles. The first-order valence-corrected chi connectivity index (χ1v) is 7.59. The minimum atomic E-state index is -5.76. The van der Waals surface area contributed by atoms with Gasteiger partial charge in [-0.15, -0.1) is 0 Å². The van der Waals surface area contributed by atoms with Gasteiger partial charge in [0.05, 0.1) is 0 Å². The van der Waals surface area contributed by atoms with E-state index >= 15 is 0 Å². The fourth-order valence-corrected chi connectivity index (χ4v) is 3.21. The van der Waals surface area contributed by atoms with Crippen molar-refractivity contribution >= 4 is 5.91 Å². The summed E-state index contributed by atoms with van der Waals surface area (Å²) in [5.41, 5.74) is -4.21. The van der Waals surface area contributed by atoms with Gasteiger partial charge in [-0.2, -0.15) is 26.3 Å². The Morgan fingerprint density at radius 1 is 1.20 bits per heavy atom. The van der Waals surface area contributed by atoms with E-state index in [-0.39, 0.29) is 18.4 Å². The molecule has 10 heteroatoms. The van der Waals surface area contributed by atoms with Crippen LogP contribution in [0, 0.1) is 0 Å². The first-order valence-electron chi connectivity index (χ1n) is 7.59. The van der Waals surface area contributed by atoms with Gasteiger partial charge in [0.2, 0.25) is 5.91 Å². The van der Waals surface area contributed by atoms with Crippen molar-refractivity contribution in [3.05, 3.63) is 30.1 Å². The van der Waals surface area contributed by atoms with Gasteiger partial charge >= 0.3 is 12.4 Å². The molecule has 0 radical (unpaired) electrons. The van der Waals surface area contributed by atoms with Crippen LogP contribution in [0.25, 0.3) is 0 Å². The standard InChI is InChI=1S/C15H17F6N3O/c1-10(25)23-13(14(16,17)18,15(19,20)21)24-8-3-2-6-12(24)11-5-4-7-22-9-11/h4-5,7,9,12H,2-3,6,8H2,1H3,(H,23,25). The Hall–Kier alpha value is -1.84. The summed E-state index contributed by atoms with van der Waals surface area (Å²) in [7, 11) is 0. The Morgan fingerprint density at radius 2 is 1.84 bits per heavy atom. The van der Waals surface area contributed by atoms with E-state index < -0.39 is 36.5 Å². The molecule has 1 atom stereocenters. The number of halogens is 6. The van der Waals surface area contributed by atoms with Crippen molar-refractivity contribution in [2.45, 2.75) is 50.2 Å². The number of hydrogen-bond donors (Lipinski definition) is 1. The highest BCUT2D eigenvalue weighted by Crippen LogP contribution is 2.50. The lowest BCUT2D eigenvalue weighted by molar-refractivity contribution is -0.357. The molecule has 4 nitrogen and oxygen atoms in total. The first-order chi connectivity index (χ1) is 11.5. The lowest BCUT2D eigenvalue weighted by Gasteiger charge is -2.50. The van der Waals surface area contributed by atoms with E-state index in [1.807, 2.05) is 0 Å². The van der Waals surface area contributed by atoms with E-state index in [2.05, 4.69) is 4.98 Å². The van der Waals surface area contributed by atoms with Crippen LogP contribution >= 0.6 is 0 Å². The van der Waals surface area contributed by atoms with Crippen molar-refractivity contribution < 1.29 is 31.1 Å². The number of pyridine rings is 1. The first kappa shape index (κ1) is 19.5. The Labute approximate surface area is 140 Å². The number of aromatic nitrogens is 1. The van der Waals surface area contributed by atoms with E-state index in [4.69, 9.17) is 0 Å². The molecule has 1 aromatic heterocycles. The average molecular weight is 369 g/mol. The zero-order valence-electron chi connectivity index (χ0n) is 13.3. The maximum absolute atomic E-state index is 13.7. The van der Waals surface area contributed by atoms with Crippen LogP contribution in [-0.2, 0) is 4.79 Å². The summed E-state index contributed by atoms with van der Waals surface area (Å²) < 4.78 is 82.3. The van der Waals surface area contributed by atoms with Crippen LogP contribution in [0.1, 0.15) is 37.8 Å². The Morgan fingerprint density at radius 3 is 2.32 bits per heavy atom. The highest BCUT2D eigenvalue weighted by molar-refractivity contribution is 5.74. The second-order valence-corrected chi connectivity index (χ2v) is 5.88. The zero-order chi connectivity index (χ0) is 18.9. The van der Waals surface area contributed by atoms with Crippen molar-refractivity contribution in [2.75, 3.05) is 6.54 Å². The molecule has 0 spiro atoms. The number of nitrogens with zero attached hydrogens (tertiary/aromatic N) is 2. The Kier molecular flexibility index (Phi) is 5.31. The molecule has 1 saturated heterocycles. The minimum Gasteiger partial charge on any atom is -0.323 e. The molecule has 1 aliphatic heterocycles. The summed E-state index contributed by atoms with van der Waals surface area (Å²) in [5, 5.41) is 1.16. The smallest absolute Gasteiger partial charge is 0.323 e. The maximum Gasteiger partial charge on any atom is 0.434 e. The predicted octanol–water partition coefficient (Wildman–Crippen LogP) is 3.57. The van der Waals surface area contributed by atoms with E-state index in [0.717, 1.165) is 5.32 Å². The lowest BCUT2D eigenvalue weighted by atomic mass is 9.91. The molecule has 140 valence electrons. The monoisotopic (exact) mass is 369 g/mol. The fraction of sp³-hybridized carbons (Fsp3) is 0.600. The van der Waals surface area contributed by atoms with Gasteiger partial charge in [-0.05, 0) is 24.5 Å². The number of alkyl halides is 6. The fourth-order valence-electron chi connectivity index (χ4n) is 3.21. The van der Waals surface area contributed by atoms with Crippen molar-refractivity contribution in [1.29, 1.82) is 0 Å². The van der Waals surface area contributed by atoms with Crippen LogP contribution < -0.4 is 5.32 Å². The number of hydrogen-bond acceptors (Lipinski definition) is 3. The van der Waals surface area contributed by atoms with Gasteiger partial charge in [0.15, 0.2) is 0 Å². The molecule has 2 rings (SSSR count). The number of likely N-dealkylation sites (tertiary alicyclic amines) is 1. The van der Waals surface area contributed by atoms with Gasteiger partial charge in [0, 0.05) is 31.9 Å². The zero-order valence-corrected chi connectivity index (χ0v) is 13.3. The molecule has 25 heavy (non-hydrogen) atoms. The Balaban J connectivity index is 2.62. The van der Waals surface area contributed by atoms with E-state index in [9.17, 15) is 31.1 Å². The van der Waals surface area contributed by atoms with Crippen molar-refractivity contribution in [1.82, 2.24) is 15.2 Å². The van der Waals surface area contributed by atoms with Crippen molar-refractivity contribution in [3.8, 4) is 0 Å². The number of nitrogens with one attached hydrogen (secondary N) is 1. The quantitative estimate of drug-likeness (QED) is 0.829. The molecule has 1 amide bonds. The summed E-state index contributed by atoms with van der Waals surface area (Å²) in [6, 6.07) is 1.71. The van der Waals surface area contributed by atoms with Crippen LogP contribution in [0.5, 0.6) is 0 Å². The number of rotatable bonds is 3. The van der Waals surface area contributed by atoms with Crippen LogP contribution in [0.4, 0.5) is 26.3 Å². The predicted molar refractivity (Wildman–Crippen MR) is 76.2 cm³/mol.